The summed E-state index contributed by atoms with van der Waals surface area (Å²) in [6.45, 7) is 0. The largest absolute Gasteiger partial charge is 0.490 e. The monoisotopic (exact) mass is 528 g/mol. The number of fused-ring (bicyclic) bond motifs is 2. The number of carboxylic acid groups (broad SMARTS) is 1. The van der Waals surface area contributed by atoms with Crippen LogP contribution in [0.3, 0.4) is 0 Å². The lowest BCUT2D eigenvalue weighted by Gasteiger charge is -2.37. The molecule has 2 heterocycles. The number of oxazole rings is 1. The first kappa shape index (κ1) is 23.3. The number of anilines is 1. The molecule has 3 N–H and O–H groups in total. The molecule has 0 unspecified atom stereocenters. The third-order valence-electron chi connectivity index (χ3n) is 5.72. The Labute approximate surface area is 194 Å². The maximum absolute atomic E-state index is 12.6. The second kappa shape index (κ2) is 8.81. The Kier molecular flexibility index (Phi) is 6.21. The molecule has 0 saturated heterocycles. The van der Waals surface area contributed by atoms with E-state index in [1.54, 1.807) is 0 Å². The van der Waals surface area contributed by atoms with Crippen molar-refractivity contribution in [1.82, 2.24) is 10.3 Å². The molecular weight excluding hydrogens is 509 g/mol. The molecule has 12 heteroatoms. The Morgan fingerprint density at radius 2 is 1.91 bits per heavy atom. The molecule has 5 rings (SSSR count). The molecular formula is C21H20BrF3N4O4. The Morgan fingerprint density at radius 1 is 1.21 bits per heavy atom. The lowest BCUT2D eigenvalue weighted by molar-refractivity contribution is -0.192. The van der Waals surface area contributed by atoms with Crippen LogP contribution in [0.1, 0.15) is 44.9 Å². The summed E-state index contributed by atoms with van der Waals surface area (Å²) >= 11 is 3.45. The number of benzene rings is 1. The van der Waals surface area contributed by atoms with Gasteiger partial charge in [-0.2, -0.15) is 18.2 Å². The van der Waals surface area contributed by atoms with E-state index in [4.69, 9.17) is 19.3 Å². The van der Waals surface area contributed by atoms with Gasteiger partial charge in [-0.3, -0.25) is 10.1 Å². The molecule has 2 aliphatic carbocycles. The minimum atomic E-state index is -5.08. The zero-order valence-electron chi connectivity index (χ0n) is 17.3. The molecule has 0 bridgehead atoms. The molecule has 1 aromatic carbocycles. The van der Waals surface area contributed by atoms with Crippen molar-refractivity contribution in [1.29, 1.82) is 0 Å². The highest BCUT2D eigenvalue weighted by molar-refractivity contribution is 9.10. The Bertz CT molecular complexity index is 1170. The van der Waals surface area contributed by atoms with Gasteiger partial charge in [-0.25, -0.2) is 9.79 Å². The average Bonchev–Trinajstić information content (AvgIpc) is 3.34. The molecule has 33 heavy (non-hydrogen) atoms. The number of nitrogens with zero attached hydrogens (tertiary/aromatic N) is 2. The topological polar surface area (TPSA) is 117 Å². The van der Waals surface area contributed by atoms with Gasteiger partial charge in [0.15, 0.2) is 11.4 Å². The van der Waals surface area contributed by atoms with Gasteiger partial charge >= 0.3 is 18.2 Å². The van der Waals surface area contributed by atoms with Crippen LogP contribution in [-0.4, -0.2) is 39.5 Å². The summed E-state index contributed by atoms with van der Waals surface area (Å²) in [5, 5.41) is 13.6. The van der Waals surface area contributed by atoms with Gasteiger partial charge < -0.3 is 14.8 Å². The molecule has 1 spiro atoms. The summed E-state index contributed by atoms with van der Waals surface area (Å²) in [4.78, 5) is 30.9. The molecule has 2 aromatic rings. The van der Waals surface area contributed by atoms with Crippen molar-refractivity contribution in [3.63, 3.8) is 0 Å². The number of alkyl halides is 3. The van der Waals surface area contributed by atoms with Crippen molar-refractivity contribution in [3.8, 4) is 0 Å². The first-order valence-corrected chi connectivity index (χ1v) is 11.1. The molecule has 0 amide bonds. The average molecular weight is 529 g/mol. The van der Waals surface area contributed by atoms with Gasteiger partial charge in [0, 0.05) is 22.2 Å². The molecule has 1 aromatic heterocycles. The minimum absolute atomic E-state index is 0.259. The predicted molar refractivity (Wildman–Crippen MR) is 117 cm³/mol. The Balaban J connectivity index is 0.000000325. The number of halogens is 4. The van der Waals surface area contributed by atoms with E-state index in [2.05, 4.69) is 31.5 Å². The summed E-state index contributed by atoms with van der Waals surface area (Å²) in [5.41, 5.74) is 3.08. The van der Waals surface area contributed by atoms with E-state index < -0.39 is 12.1 Å². The molecule has 8 nitrogen and oxygen atoms in total. The fourth-order valence-electron chi connectivity index (χ4n) is 4.39. The van der Waals surface area contributed by atoms with Gasteiger partial charge in [0.2, 0.25) is 5.96 Å². The number of ketones is 1. The standard InChI is InChI=1S/C19H19BrN4O2.C2HF3O2/c20-11-6-7-15-13(10-11)22-18(26-15)23-17-21-12-4-3-5-14(25)16(12)19(24-17)8-1-2-9-19;3-2(4,5)1(6)7/h6-7,10H,1-5,8-9H2,(H2,21,22,23,24);(H,6,7). The number of nitrogens with one attached hydrogen (secondary N) is 2. The normalized spacial score (nSPS) is 19.5. The number of aliphatic carboxylic acids is 1. The van der Waals surface area contributed by atoms with Gasteiger partial charge in [0.05, 0.1) is 5.54 Å². The van der Waals surface area contributed by atoms with E-state index in [0.717, 1.165) is 65.4 Å². The highest BCUT2D eigenvalue weighted by atomic mass is 79.9. The Hall–Kier alpha value is -2.89. The van der Waals surface area contributed by atoms with Crippen molar-refractivity contribution in [3.05, 3.63) is 33.9 Å². The number of aliphatic imine (C=N–C) groups is 1. The molecule has 1 fully saturated rings. The van der Waals surface area contributed by atoms with E-state index in [-0.39, 0.29) is 11.3 Å². The minimum Gasteiger partial charge on any atom is -0.475 e. The maximum Gasteiger partial charge on any atom is 0.490 e. The third-order valence-corrected chi connectivity index (χ3v) is 6.21. The highest BCUT2D eigenvalue weighted by Crippen LogP contribution is 2.45. The van der Waals surface area contributed by atoms with Crippen molar-refractivity contribution in [2.75, 3.05) is 5.32 Å². The van der Waals surface area contributed by atoms with E-state index in [0.29, 0.717) is 18.4 Å². The molecule has 3 aliphatic rings. The van der Waals surface area contributed by atoms with Crippen molar-refractivity contribution in [2.24, 2.45) is 4.99 Å². The Morgan fingerprint density at radius 3 is 2.58 bits per heavy atom. The summed E-state index contributed by atoms with van der Waals surface area (Å²) in [6, 6.07) is 6.13. The van der Waals surface area contributed by atoms with Crippen LogP contribution in [-0.2, 0) is 9.59 Å². The number of aromatic nitrogens is 1. The van der Waals surface area contributed by atoms with Crippen LogP contribution in [0.2, 0.25) is 0 Å². The first-order chi connectivity index (χ1) is 15.6. The van der Waals surface area contributed by atoms with Crippen LogP contribution in [0.4, 0.5) is 19.2 Å². The number of hydrogen-bond acceptors (Lipinski definition) is 7. The lowest BCUT2D eigenvalue weighted by Crippen LogP contribution is -2.46. The maximum atomic E-state index is 12.6. The quantitative estimate of drug-likeness (QED) is 0.481. The van der Waals surface area contributed by atoms with Crippen LogP contribution in [0.15, 0.2) is 43.4 Å². The molecule has 0 radical (unpaired) electrons. The predicted octanol–water partition coefficient (Wildman–Crippen LogP) is 4.91. The zero-order valence-corrected chi connectivity index (χ0v) is 18.8. The second-order valence-corrected chi connectivity index (χ2v) is 8.93. The fraction of sp³-hybridized carbons (Fsp3) is 0.429. The lowest BCUT2D eigenvalue weighted by atomic mass is 9.78. The number of carbonyl (C=O) groups is 2. The van der Waals surface area contributed by atoms with Gasteiger partial charge in [-0.1, -0.05) is 28.8 Å². The second-order valence-electron chi connectivity index (χ2n) is 8.01. The van der Waals surface area contributed by atoms with Crippen LogP contribution < -0.4 is 10.6 Å². The van der Waals surface area contributed by atoms with Crippen LogP contribution in [0, 0.1) is 0 Å². The zero-order chi connectivity index (χ0) is 23.8. The van der Waals surface area contributed by atoms with Crippen molar-refractivity contribution >= 4 is 50.8 Å². The van der Waals surface area contributed by atoms with E-state index in [1.807, 2.05) is 18.2 Å². The number of Topliss-reactive ketones (excluding diaryl/α,β-unsaturated/α-hetero) is 1. The molecule has 1 aliphatic heterocycles. The number of hydrogen-bond donors (Lipinski definition) is 3. The number of rotatable bonds is 1. The van der Waals surface area contributed by atoms with E-state index in [9.17, 15) is 18.0 Å². The van der Waals surface area contributed by atoms with E-state index >= 15 is 0 Å². The number of carbonyl (C=O) groups excluding carboxylic acids is 1. The first-order valence-electron chi connectivity index (χ1n) is 10.3. The van der Waals surface area contributed by atoms with Gasteiger partial charge in [0.1, 0.15) is 5.52 Å². The molecule has 176 valence electrons. The smallest absolute Gasteiger partial charge is 0.475 e. The summed E-state index contributed by atoms with van der Waals surface area (Å²) in [5.74, 6) is -1.87. The third kappa shape index (κ3) is 4.90. The number of guanidine groups is 1. The van der Waals surface area contributed by atoms with Crippen molar-refractivity contribution in [2.45, 2.75) is 56.7 Å². The van der Waals surface area contributed by atoms with Crippen LogP contribution in [0.25, 0.3) is 11.1 Å². The number of allylic oxidation sites excluding steroid dienone is 1. The summed E-state index contributed by atoms with van der Waals surface area (Å²) in [7, 11) is 0. The van der Waals surface area contributed by atoms with Gasteiger partial charge in [-0.15, -0.1) is 0 Å². The van der Waals surface area contributed by atoms with E-state index in [1.165, 1.54) is 0 Å². The SMILES string of the molecule is O=C(O)C(F)(F)F.O=C1CCCC2=C1C1(CCCC1)N=C(Nc1nc3cc(Br)ccc3o1)N2. The van der Waals surface area contributed by atoms with Crippen LogP contribution >= 0.6 is 15.9 Å². The van der Waals surface area contributed by atoms with Gasteiger partial charge in [0.25, 0.3) is 0 Å². The van der Waals surface area contributed by atoms with Gasteiger partial charge in [-0.05, 0) is 43.9 Å². The fourth-order valence-corrected chi connectivity index (χ4v) is 4.74. The molecule has 1 saturated carbocycles. The van der Waals surface area contributed by atoms with Crippen LogP contribution in [0.5, 0.6) is 0 Å². The summed E-state index contributed by atoms with van der Waals surface area (Å²) < 4.78 is 38.5. The van der Waals surface area contributed by atoms with Crippen molar-refractivity contribution < 1.29 is 32.3 Å². The molecule has 0 atom stereocenters. The summed E-state index contributed by atoms with van der Waals surface area (Å²) in [6.07, 6.45) is 1.43. The highest BCUT2D eigenvalue weighted by Gasteiger charge is 2.45. The number of carboxylic acids is 1.